The van der Waals surface area contributed by atoms with E-state index in [9.17, 15) is 8.42 Å². The van der Waals surface area contributed by atoms with E-state index in [-0.39, 0.29) is 11.5 Å². The average Bonchev–Trinajstić information content (AvgIpc) is 2.38. The van der Waals surface area contributed by atoms with Crippen LogP contribution in [-0.4, -0.2) is 15.0 Å². The molecule has 0 aliphatic rings. The van der Waals surface area contributed by atoms with Gasteiger partial charge in [-0.05, 0) is 17.9 Å². The van der Waals surface area contributed by atoms with Crippen LogP contribution in [0, 0.1) is 0 Å². The van der Waals surface area contributed by atoms with Gasteiger partial charge in [0.15, 0.2) is 0 Å². The fourth-order valence-corrected chi connectivity index (χ4v) is 2.60. The van der Waals surface area contributed by atoms with Crippen LogP contribution in [0.2, 0.25) is 0 Å². The Kier molecular flexibility index (Phi) is 3.96. The van der Waals surface area contributed by atoms with Crippen molar-refractivity contribution in [3.63, 3.8) is 0 Å². The average molecular weight is 266 g/mol. The third-order valence-electron chi connectivity index (χ3n) is 2.44. The monoisotopic (exact) mass is 266 g/mol. The Morgan fingerprint density at radius 1 is 1.06 bits per heavy atom. The van der Waals surface area contributed by atoms with E-state index in [0.717, 1.165) is 5.39 Å². The van der Waals surface area contributed by atoms with Gasteiger partial charge >= 0.3 is 10.1 Å². The summed E-state index contributed by atoms with van der Waals surface area (Å²) in [5, 5.41) is 1.47. The minimum Gasteiger partial charge on any atom is -0.220 e. The zero-order chi connectivity index (χ0) is 13.0. The maximum atomic E-state index is 12.0. The third kappa shape index (κ3) is 2.69. The van der Waals surface area contributed by atoms with Gasteiger partial charge in [-0.1, -0.05) is 43.3 Å². The number of rotatable bonds is 5. The van der Waals surface area contributed by atoms with E-state index >= 15 is 0 Å². The largest absolute Gasteiger partial charge is 0.323 e. The molecular weight excluding hydrogens is 252 g/mol. The van der Waals surface area contributed by atoms with Crippen LogP contribution in [0.15, 0.2) is 47.4 Å². The molecule has 0 atom stereocenters. The highest BCUT2D eigenvalue weighted by Crippen LogP contribution is 2.24. The fraction of sp³-hybridized carbons (Fsp3) is 0.231. The lowest BCUT2D eigenvalue weighted by Gasteiger charge is -2.07. The van der Waals surface area contributed by atoms with Gasteiger partial charge in [0.1, 0.15) is 4.90 Å². The predicted molar refractivity (Wildman–Crippen MR) is 68.5 cm³/mol. The first kappa shape index (κ1) is 13.0. The predicted octanol–water partition coefficient (Wildman–Crippen LogP) is 2.89. The van der Waals surface area contributed by atoms with Crippen molar-refractivity contribution in [1.29, 1.82) is 0 Å². The Hall–Kier alpha value is -1.43. The number of benzene rings is 2. The molecule has 0 heterocycles. The van der Waals surface area contributed by atoms with Crippen molar-refractivity contribution in [3.8, 4) is 0 Å². The molecule has 18 heavy (non-hydrogen) atoms. The molecule has 0 unspecified atom stereocenters. The molecular formula is C13H14O4S. The summed E-state index contributed by atoms with van der Waals surface area (Å²) in [5.74, 6) is 0. The van der Waals surface area contributed by atoms with Crippen molar-refractivity contribution in [2.45, 2.75) is 18.2 Å². The van der Waals surface area contributed by atoms with Crippen LogP contribution in [0.1, 0.15) is 13.3 Å². The summed E-state index contributed by atoms with van der Waals surface area (Å²) in [7, 11) is -3.88. The normalized spacial score (nSPS) is 11.8. The third-order valence-corrected chi connectivity index (χ3v) is 3.61. The van der Waals surface area contributed by atoms with Gasteiger partial charge < -0.3 is 0 Å². The second kappa shape index (κ2) is 5.48. The fourth-order valence-electron chi connectivity index (χ4n) is 1.63. The molecule has 0 N–H and O–H groups in total. The SMILES string of the molecule is CCCOOS(=O)(=O)c1cccc2ccccc12. The van der Waals surface area contributed by atoms with Gasteiger partial charge in [-0.3, -0.25) is 0 Å². The van der Waals surface area contributed by atoms with E-state index in [1.807, 2.05) is 25.1 Å². The van der Waals surface area contributed by atoms with Crippen LogP contribution in [0.4, 0.5) is 0 Å². The van der Waals surface area contributed by atoms with E-state index in [1.54, 1.807) is 18.2 Å². The number of fused-ring (bicyclic) bond motifs is 1. The lowest BCUT2D eigenvalue weighted by molar-refractivity contribution is -0.201. The van der Waals surface area contributed by atoms with Crippen LogP contribution >= 0.6 is 0 Å². The van der Waals surface area contributed by atoms with Gasteiger partial charge in [-0.15, -0.1) is 4.33 Å². The molecule has 96 valence electrons. The van der Waals surface area contributed by atoms with Gasteiger partial charge in [0.2, 0.25) is 0 Å². The van der Waals surface area contributed by atoms with E-state index < -0.39 is 10.1 Å². The van der Waals surface area contributed by atoms with E-state index in [4.69, 9.17) is 0 Å². The number of hydrogen-bond acceptors (Lipinski definition) is 4. The highest BCUT2D eigenvalue weighted by atomic mass is 32.2. The minimum absolute atomic E-state index is 0.122. The minimum atomic E-state index is -3.88. The molecule has 0 amide bonds. The Morgan fingerprint density at radius 3 is 2.56 bits per heavy atom. The van der Waals surface area contributed by atoms with Gasteiger partial charge in [0, 0.05) is 5.39 Å². The highest BCUT2D eigenvalue weighted by molar-refractivity contribution is 7.86. The molecule has 0 saturated heterocycles. The summed E-state index contributed by atoms with van der Waals surface area (Å²) in [4.78, 5) is 4.78. The smallest absolute Gasteiger partial charge is 0.220 e. The molecule has 0 radical (unpaired) electrons. The zero-order valence-corrected chi connectivity index (χ0v) is 10.8. The zero-order valence-electron chi connectivity index (χ0n) is 10.00. The topological polar surface area (TPSA) is 52.6 Å². The van der Waals surface area contributed by atoms with Crippen molar-refractivity contribution in [2.24, 2.45) is 0 Å². The molecule has 5 heteroatoms. The van der Waals surface area contributed by atoms with Crippen molar-refractivity contribution in [3.05, 3.63) is 42.5 Å². The maximum absolute atomic E-state index is 12.0. The first-order valence-corrected chi connectivity index (χ1v) is 7.10. The molecule has 0 bridgehead atoms. The molecule has 0 saturated carbocycles. The van der Waals surface area contributed by atoms with Gasteiger partial charge in [0.25, 0.3) is 0 Å². The Labute approximate surface area is 106 Å². The summed E-state index contributed by atoms with van der Waals surface area (Å²) in [6.45, 7) is 2.11. The van der Waals surface area contributed by atoms with E-state index in [0.29, 0.717) is 11.8 Å². The quantitative estimate of drug-likeness (QED) is 0.474. The van der Waals surface area contributed by atoms with Gasteiger partial charge in [-0.2, -0.15) is 8.42 Å². The highest BCUT2D eigenvalue weighted by Gasteiger charge is 2.19. The maximum Gasteiger partial charge on any atom is 0.323 e. The molecule has 0 aliphatic heterocycles. The molecule has 0 spiro atoms. The summed E-state index contributed by atoms with van der Waals surface area (Å²) in [6.07, 6.45) is 0.686. The molecule has 4 nitrogen and oxygen atoms in total. The van der Waals surface area contributed by atoms with Crippen LogP contribution in [0.5, 0.6) is 0 Å². The van der Waals surface area contributed by atoms with Crippen LogP contribution < -0.4 is 0 Å². The first-order valence-electron chi connectivity index (χ1n) is 5.69. The molecule has 2 rings (SSSR count). The lowest BCUT2D eigenvalue weighted by Crippen LogP contribution is -2.08. The second-order valence-corrected chi connectivity index (χ2v) is 5.31. The summed E-state index contributed by atoms with van der Waals surface area (Å²) < 4.78 is 28.5. The van der Waals surface area contributed by atoms with Crippen molar-refractivity contribution < 1.29 is 17.6 Å². The van der Waals surface area contributed by atoms with Crippen molar-refractivity contribution >= 4 is 20.9 Å². The Morgan fingerprint density at radius 2 is 1.78 bits per heavy atom. The molecule has 0 fully saturated rings. The Bertz CT molecular complexity index is 629. The van der Waals surface area contributed by atoms with Crippen LogP contribution in [0.3, 0.4) is 0 Å². The van der Waals surface area contributed by atoms with E-state index in [2.05, 4.69) is 9.22 Å². The summed E-state index contributed by atoms with van der Waals surface area (Å²) >= 11 is 0. The molecule has 0 aliphatic carbocycles. The standard InChI is InChI=1S/C13H14O4S/c1-2-10-16-17-18(14,15)13-9-5-7-11-6-3-4-8-12(11)13/h3-9H,2,10H2,1H3. The van der Waals surface area contributed by atoms with E-state index in [1.165, 1.54) is 6.07 Å². The first-order chi connectivity index (χ1) is 8.65. The molecule has 2 aromatic rings. The van der Waals surface area contributed by atoms with Gasteiger partial charge in [-0.25, -0.2) is 4.89 Å². The Balaban J connectivity index is 2.41. The summed E-state index contributed by atoms with van der Waals surface area (Å²) in [6, 6.07) is 12.3. The van der Waals surface area contributed by atoms with Crippen molar-refractivity contribution in [1.82, 2.24) is 0 Å². The van der Waals surface area contributed by atoms with Gasteiger partial charge in [0.05, 0.1) is 6.61 Å². The van der Waals surface area contributed by atoms with Crippen LogP contribution in [0.25, 0.3) is 10.8 Å². The number of hydrogen-bond donors (Lipinski definition) is 0. The van der Waals surface area contributed by atoms with Crippen molar-refractivity contribution in [2.75, 3.05) is 6.61 Å². The lowest BCUT2D eigenvalue weighted by atomic mass is 10.1. The summed E-state index contributed by atoms with van der Waals surface area (Å²) in [5.41, 5.74) is 0. The second-order valence-electron chi connectivity index (χ2n) is 3.82. The molecule has 2 aromatic carbocycles. The molecule has 0 aromatic heterocycles. The van der Waals surface area contributed by atoms with Crippen LogP contribution in [-0.2, 0) is 19.3 Å².